The molecule has 3 fully saturated rings. The van der Waals surface area contributed by atoms with Crippen molar-refractivity contribution in [3.8, 4) is 0 Å². The summed E-state index contributed by atoms with van der Waals surface area (Å²) in [4.78, 5) is 24.1. The van der Waals surface area contributed by atoms with Gasteiger partial charge in [0.25, 0.3) is 0 Å². The second-order valence-electron chi connectivity index (χ2n) is 9.04. The first-order valence-electron chi connectivity index (χ1n) is 9.57. The molecule has 0 radical (unpaired) electrons. The van der Waals surface area contributed by atoms with Crippen LogP contribution in [-0.4, -0.2) is 34.0 Å². The minimum absolute atomic E-state index is 0.0696. The Bertz CT molecular complexity index is 692. The number of allylic oxidation sites excluding steroid dienone is 4. The summed E-state index contributed by atoms with van der Waals surface area (Å²) < 4.78 is 0. The van der Waals surface area contributed by atoms with Crippen molar-refractivity contribution in [1.29, 1.82) is 0 Å². The third-order valence-electron chi connectivity index (χ3n) is 8.31. The molecule has 136 valence electrons. The van der Waals surface area contributed by atoms with E-state index < -0.39 is 23.4 Å². The quantitative estimate of drug-likeness (QED) is 0.807. The number of fused-ring (bicyclic) bond motifs is 5. The summed E-state index contributed by atoms with van der Waals surface area (Å²) in [7, 11) is 0. The summed E-state index contributed by atoms with van der Waals surface area (Å²) in [5.74, 6) is 0.897. The van der Waals surface area contributed by atoms with E-state index in [9.17, 15) is 19.8 Å². The van der Waals surface area contributed by atoms with Gasteiger partial charge in [0.1, 0.15) is 12.2 Å². The molecule has 0 aromatic carbocycles. The van der Waals surface area contributed by atoms with Crippen molar-refractivity contribution < 1.29 is 19.8 Å². The highest BCUT2D eigenvalue weighted by atomic mass is 16.3. The monoisotopic (exact) mass is 344 g/mol. The van der Waals surface area contributed by atoms with E-state index in [1.165, 1.54) is 5.57 Å². The molecule has 25 heavy (non-hydrogen) atoms. The summed E-state index contributed by atoms with van der Waals surface area (Å²) in [6.45, 7) is 3.73. The zero-order valence-corrected chi connectivity index (χ0v) is 15.1. The van der Waals surface area contributed by atoms with Crippen LogP contribution in [0.25, 0.3) is 0 Å². The van der Waals surface area contributed by atoms with Crippen molar-refractivity contribution in [2.75, 3.05) is 6.61 Å². The first-order chi connectivity index (χ1) is 11.8. The van der Waals surface area contributed by atoms with Gasteiger partial charge >= 0.3 is 0 Å². The van der Waals surface area contributed by atoms with Crippen LogP contribution in [-0.2, 0) is 9.59 Å². The van der Waals surface area contributed by atoms with Crippen molar-refractivity contribution in [3.05, 3.63) is 23.8 Å². The first-order valence-corrected chi connectivity index (χ1v) is 9.57. The Kier molecular flexibility index (Phi) is 3.69. The topological polar surface area (TPSA) is 74.6 Å². The predicted octanol–water partition coefficient (Wildman–Crippen LogP) is 2.59. The Morgan fingerprint density at radius 1 is 1.20 bits per heavy atom. The molecular formula is C21H28O4. The number of ketones is 2. The summed E-state index contributed by atoms with van der Waals surface area (Å²) in [5, 5.41) is 20.5. The minimum Gasteiger partial charge on any atom is -0.388 e. The van der Waals surface area contributed by atoms with Crippen molar-refractivity contribution in [2.24, 2.45) is 28.6 Å². The number of Topliss-reactive ketones (excluding diaryl/α,β-unsaturated/α-hetero) is 1. The van der Waals surface area contributed by atoms with Crippen LogP contribution in [0.5, 0.6) is 0 Å². The second-order valence-corrected chi connectivity index (χ2v) is 9.04. The molecule has 0 spiro atoms. The highest BCUT2D eigenvalue weighted by Crippen LogP contribution is 2.67. The number of carbonyl (C=O) groups excluding carboxylic acids is 2. The maximum absolute atomic E-state index is 12.3. The van der Waals surface area contributed by atoms with Crippen LogP contribution in [0.3, 0.4) is 0 Å². The van der Waals surface area contributed by atoms with Gasteiger partial charge in [0.15, 0.2) is 11.6 Å². The third kappa shape index (κ3) is 2.07. The molecule has 0 bridgehead atoms. The molecule has 0 aromatic heterocycles. The lowest BCUT2D eigenvalue weighted by Crippen LogP contribution is -2.57. The van der Waals surface area contributed by atoms with E-state index >= 15 is 0 Å². The lowest BCUT2D eigenvalue weighted by atomic mass is 9.47. The first kappa shape index (κ1) is 17.2. The van der Waals surface area contributed by atoms with E-state index in [1.54, 1.807) is 6.08 Å². The number of hydrogen-bond acceptors (Lipinski definition) is 4. The smallest absolute Gasteiger partial charge is 0.190 e. The molecule has 0 heterocycles. The number of aliphatic hydroxyl groups excluding tert-OH is 1. The average molecular weight is 344 g/mol. The standard InChI is InChI=1S/C21H28O4/c1-19-8-5-14(23)11-13(19)3-4-15-16(19)6-9-20(2)17(15)7-10-21(20,25)18(24)12-22/h5,8,11,15-17,22,25H,3-4,6-7,9-10,12H2,1-2H3/t15-,16-,17+,19+,20+,21+/m1/s1. The molecule has 4 nitrogen and oxygen atoms in total. The van der Waals surface area contributed by atoms with Crippen LogP contribution >= 0.6 is 0 Å². The van der Waals surface area contributed by atoms with E-state index in [2.05, 4.69) is 19.9 Å². The van der Waals surface area contributed by atoms with Crippen molar-refractivity contribution in [3.63, 3.8) is 0 Å². The van der Waals surface area contributed by atoms with E-state index in [-0.39, 0.29) is 11.2 Å². The zero-order valence-electron chi connectivity index (χ0n) is 15.1. The molecule has 3 saturated carbocycles. The Balaban J connectivity index is 1.69. The Hall–Kier alpha value is -1.26. The van der Waals surface area contributed by atoms with Crippen LogP contribution in [0.15, 0.2) is 23.8 Å². The van der Waals surface area contributed by atoms with Gasteiger partial charge in [-0.15, -0.1) is 0 Å². The fourth-order valence-electron chi connectivity index (χ4n) is 6.80. The van der Waals surface area contributed by atoms with Crippen LogP contribution in [0.4, 0.5) is 0 Å². The molecule has 0 aromatic rings. The van der Waals surface area contributed by atoms with E-state index in [0.717, 1.165) is 32.1 Å². The van der Waals surface area contributed by atoms with Crippen molar-refractivity contribution in [2.45, 2.75) is 58.0 Å². The number of hydrogen-bond donors (Lipinski definition) is 2. The molecule has 0 amide bonds. The summed E-state index contributed by atoms with van der Waals surface area (Å²) in [6.07, 6.45) is 10.6. The van der Waals surface area contributed by atoms with E-state index in [1.807, 2.05) is 6.08 Å². The molecule has 0 saturated heterocycles. The van der Waals surface area contributed by atoms with Gasteiger partial charge in [-0.1, -0.05) is 25.5 Å². The molecule has 0 unspecified atom stereocenters. The Morgan fingerprint density at radius 2 is 1.92 bits per heavy atom. The van der Waals surface area contributed by atoms with Crippen molar-refractivity contribution in [1.82, 2.24) is 0 Å². The SMILES string of the molecule is C[C@]12C=CC(=O)C=C1CC[C@@H]1[C@H]2CC[C@@]2(C)[C@H]1CC[C@]2(O)C(=O)CO. The largest absolute Gasteiger partial charge is 0.388 e. The van der Waals surface area contributed by atoms with Gasteiger partial charge in [0.2, 0.25) is 0 Å². The molecule has 4 aliphatic carbocycles. The van der Waals surface area contributed by atoms with Crippen molar-refractivity contribution >= 4 is 11.6 Å². The lowest BCUT2D eigenvalue weighted by Gasteiger charge is -2.57. The maximum Gasteiger partial charge on any atom is 0.190 e. The molecule has 2 N–H and O–H groups in total. The summed E-state index contributed by atoms with van der Waals surface area (Å²) in [6, 6.07) is 0. The van der Waals surface area contributed by atoms with Gasteiger partial charge in [0, 0.05) is 10.8 Å². The molecule has 0 aliphatic heterocycles. The molecular weight excluding hydrogens is 316 g/mol. The highest BCUT2D eigenvalue weighted by Gasteiger charge is 2.65. The normalized spacial score (nSPS) is 48.4. The Labute approximate surface area is 149 Å². The predicted molar refractivity (Wildman–Crippen MR) is 93.7 cm³/mol. The van der Waals surface area contributed by atoms with Gasteiger partial charge < -0.3 is 10.2 Å². The number of aliphatic hydroxyl groups is 2. The summed E-state index contributed by atoms with van der Waals surface area (Å²) in [5.41, 5.74) is -0.642. The van der Waals surface area contributed by atoms with Gasteiger partial charge in [-0.2, -0.15) is 0 Å². The van der Waals surface area contributed by atoms with Gasteiger partial charge in [-0.05, 0) is 68.4 Å². The summed E-state index contributed by atoms with van der Waals surface area (Å²) >= 11 is 0. The highest BCUT2D eigenvalue weighted by molar-refractivity contribution is 6.01. The molecule has 6 atom stereocenters. The Morgan fingerprint density at radius 3 is 2.64 bits per heavy atom. The fraction of sp³-hybridized carbons (Fsp3) is 0.714. The third-order valence-corrected chi connectivity index (χ3v) is 8.31. The van der Waals surface area contributed by atoms with Gasteiger partial charge in [-0.25, -0.2) is 0 Å². The van der Waals surface area contributed by atoms with Crippen LogP contribution in [0, 0.1) is 28.6 Å². The number of carbonyl (C=O) groups is 2. The maximum atomic E-state index is 12.3. The van der Waals surface area contributed by atoms with Crippen LogP contribution < -0.4 is 0 Å². The fourth-order valence-corrected chi connectivity index (χ4v) is 6.80. The van der Waals surface area contributed by atoms with E-state index in [4.69, 9.17) is 0 Å². The second kappa shape index (κ2) is 5.37. The van der Waals surface area contributed by atoms with Crippen LogP contribution in [0.1, 0.15) is 52.4 Å². The average Bonchev–Trinajstić information content (AvgIpc) is 2.87. The number of rotatable bonds is 2. The lowest BCUT2D eigenvalue weighted by molar-refractivity contribution is -0.163. The minimum atomic E-state index is -1.38. The van der Waals surface area contributed by atoms with E-state index in [0.29, 0.717) is 24.2 Å². The van der Waals surface area contributed by atoms with Gasteiger partial charge in [-0.3, -0.25) is 9.59 Å². The zero-order chi connectivity index (χ0) is 18.0. The molecule has 4 rings (SSSR count). The van der Waals surface area contributed by atoms with Crippen LogP contribution in [0.2, 0.25) is 0 Å². The van der Waals surface area contributed by atoms with Gasteiger partial charge in [0.05, 0.1) is 0 Å². The molecule has 4 aliphatic rings. The molecule has 4 heteroatoms.